The van der Waals surface area contributed by atoms with Gasteiger partial charge in [-0.2, -0.15) is 0 Å². The number of aldehydes is 1. The van der Waals surface area contributed by atoms with Gasteiger partial charge in [0.15, 0.2) is 0 Å². The Hall–Kier alpha value is -1.87. The van der Waals surface area contributed by atoms with Crippen LogP contribution >= 0.6 is 11.6 Å². The Bertz CT molecular complexity index is 721. The van der Waals surface area contributed by atoms with Crippen molar-refractivity contribution in [1.29, 1.82) is 0 Å². The van der Waals surface area contributed by atoms with Gasteiger partial charge in [0.05, 0.1) is 5.02 Å². The number of benzene rings is 1. The quantitative estimate of drug-likeness (QED) is 0.477. The summed E-state index contributed by atoms with van der Waals surface area (Å²) in [7, 11) is 0. The Kier molecular flexibility index (Phi) is 6.67. The number of carbonyl (C=O) groups is 1. The van der Waals surface area contributed by atoms with Crippen LogP contribution in [0.15, 0.2) is 36.5 Å². The number of hydrogen-bond donors (Lipinski definition) is 0. The highest BCUT2D eigenvalue weighted by Crippen LogP contribution is 2.26. The van der Waals surface area contributed by atoms with Crippen molar-refractivity contribution in [3.63, 3.8) is 0 Å². The Labute approximate surface area is 161 Å². The van der Waals surface area contributed by atoms with Crippen LogP contribution in [0.4, 0.5) is 5.82 Å². The molecule has 0 radical (unpaired) electrons. The van der Waals surface area contributed by atoms with Crippen molar-refractivity contribution in [2.75, 3.05) is 18.0 Å². The number of rotatable bonds is 7. The number of hydrogen-bond acceptors (Lipinski definition) is 3. The van der Waals surface area contributed by atoms with Gasteiger partial charge < -0.3 is 4.90 Å². The minimum Gasteiger partial charge on any atom is -0.357 e. The molecular weight excluding hydrogens is 344 g/mol. The van der Waals surface area contributed by atoms with Gasteiger partial charge in [0, 0.05) is 24.8 Å². The van der Waals surface area contributed by atoms with Crippen molar-refractivity contribution in [2.45, 2.75) is 45.4 Å². The van der Waals surface area contributed by atoms with E-state index >= 15 is 0 Å². The number of unbranched alkanes of at least 4 members (excludes halogenated alkanes) is 1. The molecule has 138 valence electrons. The van der Waals surface area contributed by atoms with E-state index in [-0.39, 0.29) is 0 Å². The van der Waals surface area contributed by atoms with Crippen LogP contribution in [0, 0.1) is 12.8 Å². The van der Waals surface area contributed by atoms with Gasteiger partial charge >= 0.3 is 0 Å². The lowest BCUT2D eigenvalue weighted by molar-refractivity contribution is 0.112. The lowest BCUT2D eigenvalue weighted by Crippen LogP contribution is -2.34. The van der Waals surface area contributed by atoms with E-state index in [0.717, 1.165) is 48.7 Å². The zero-order chi connectivity index (χ0) is 18.4. The third-order valence-corrected chi connectivity index (χ3v) is 5.66. The molecule has 26 heavy (non-hydrogen) atoms. The number of anilines is 1. The van der Waals surface area contributed by atoms with E-state index < -0.39 is 0 Å². The molecule has 0 bridgehead atoms. The van der Waals surface area contributed by atoms with Crippen LogP contribution < -0.4 is 4.90 Å². The molecule has 1 saturated heterocycles. The van der Waals surface area contributed by atoms with Crippen LogP contribution in [0.25, 0.3) is 0 Å². The van der Waals surface area contributed by atoms with Crippen molar-refractivity contribution in [3.05, 3.63) is 58.2 Å². The molecule has 0 atom stereocenters. The minimum atomic E-state index is 0.694. The molecular formula is C22H27ClN2O. The summed E-state index contributed by atoms with van der Waals surface area (Å²) >= 11 is 5.92. The maximum Gasteiger partial charge on any atom is 0.150 e. The van der Waals surface area contributed by atoms with E-state index in [1.165, 1.54) is 37.7 Å². The molecule has 0 aliphatic carbocycles. The van der Waals surface area contributed by atoms with E-state index in [4.69, 9.17) is 11.6 Å². The first-order valence-corrected chi connectivity index (χ1v) is 9.94. The molecule has 0 saturated carbocycles. The second-order valence-electron chi connectivity index (χ2n) is 7.32. The van der Waals surface area contributed by atoms with Crippen molar-refractivity contribution in [3.8, 4) is 0 Å². The van der Waals surface area contributed by atoms with Gasteiger partial charge in [-0.1, -0.05) is 42.6 Å². The van der Waals surface area contributed by atoms with Gasteiger partial charge in [0.2, 0.25) is 0 Å². The maximum atomic E-state index is 10.9. The molecule has 3 nitrogen and oxygen atoms in total. The predicted molar refractivity (Wildman–Crippen MR) is 108 cm³/mol. The molecule has 1 aliphatic heterocycles. The summed E-state index contributed by atoms with van der Waals surface area (Å²) in [5.74, 6) is 1.87. The van der Waals surface area contributed by atoms with Gasteiger partial charge in [-0.05, 0) is 61.8 Å². The fraction of sp³-hybridized carbons (Fsp3) is 0.455. The van der Waals surface area contributed by atoms with Gasteiger partial charge in [-0.15, -0.1) is 0 Å². The van der Waals surface area contributed by atoms with Crippen molar-refractivity contribution in [2.24, 2.45) is 5.92 Å². The molecule has 0 N–H and O–H groups in total. The van der Waals surface area contributed by atoms with E-state index in [0.29, 0.717) is 5.02 Å². The first kappa shape index (κ1) is 18.9. The highest BCUT2D eigenvalue weighted by atomic mass is 35.5. The van der Waals surface area contributed by atoms with E-state index in [1.807, 2.05) is 25.1 Å². The summed E-state index contributed by atoms with van der Waals surface area (Å²) in [6.45, 7) is 4.19. The molecule has 3 rings (SSSR count). The number of nitrogens with zero attached hydrogens (tertiary/aromatic N) is 2. The van der Waals surface area contributed by atoms with Gasteiger partial charge in [-0.3, -0.25) is 4.79 Å². The first-order chi connectivity index (χ1) is 12.7. The fourth-order valence-corrected chi connectivity index (χ4v) is 3.91. The molecule has 1 fully saturated rings. The van der Waals surface area contributed by atoms with Crippen molar-refractivity contribution in [1.82, 2.24) is 4.98 Å². The Morgan fingerprint density at radius 3 is 2.65 bits per heavy atom. The third kappa shape index (κ3) is 5.07. The summed E-state index contributed by atoms with van der Waals surface area (Å²) in [6, 6.07) is 10.1. The lowest BCUT2D eigenvalue weighted by atomic mass is 9.90. The molecule has 0 unspecified atom stereocenters. The summed E-state index contributed by atoms with van der Waals surface area (Å²) in [4.78, 5) is 17.7. The number of halogens is 1. The molecule has 1 aromatic carbocycles. The molecule has 1 aliphatic rings. The monoisotopic (exact) mass is 370 g/mol. The van der Waals surface area contributed by atoms with Crippen LogP contribution in [0.2, 0.25) is 5.02 Å². The summed E-state index contributed by atoms with van der Waals surface area (Å²) < 4.78 is 0. The first-order valence-electron chi connectivity index (χ1n) is 9.57. The maximum absolute atomic E-state index is 10.9. The number of pyridine rings is 1. The topological polar surface area (TPSA) is 33.2 Å². The SMILES string of the molecule is Cc1cc(CCCCC2CCN(c3ccc(Cl)cn3)CC2)ccc1C=O. The minimum absolute atomic E-state index is 0.694. The Balaban J connectivity index is 1.37. The highest BCUT2D eigenvalue weighted by molar-refractivity contribution is 6.30. The van der Waals surface area contributed by atoms with Crippen molar-refractivity contribution < 1.29 is 4.79 Å². The molecule has 1 aromatic heterocycles. The van der Waals surface area contributed by atoms with Crippen LogP contribution in [-0.4, -0.2) is 24.4 Å². The largest absolute Gasteiger partial charge is 0.357 e. The molecule has 0 spiro atoms. The van der Waals surface area contributed by atoms with E-state index in [9.17, 15) is 4.79 Å². The Morgan fingerprint density at radius 1 is 1.19 bits per heavy atom. The zero-order valence-corrected chi connectivity index (χ0v) is 16.2. The second-order valence-corrected chi connectivity index (χ2v) is 7.76. The van der Waals surface area contributed by atoms with E-state index in [2.05, 4.69) is 22.0 Å². The van der Waals surface area contributed by atoms with Crippen LogP contribution in [0.5, 0.6) is 0 Å². The van der Waals surface area contributed by atoms with Crippen molar-refractivity contribution >= 4 is 23.7 Å². The van der Waals surface area contributed by atoms with Gasteiger partial charge in [0.1, 0.15) is 12.1 Å². The molecule has 2 heterocycles. The predicted octanol–water partition coefficient (Wildman–Crippen LogP) is 5.49. The van der Waals surface area contributed by atoms with Gasteiger partial charge in [0.25, 0.3) is 0 Å². The molecule has 4 heteroatoms. The average molecular weight is 371 g/mol. The zero-order valence-electron chi connectivity index (χ0n) is 15.5. The smallest absolute Gasteiger partial charge is 0.150 e. The summed E-state index contributed by atoms with van der Waals surface area (Å²) in [6.07, 6.45) is 10.1. The normalized spacial score (nSPS) is 15.2. The number of carbonyl (C=O) groups excluding carboxylic acids is 1. The van der Waals surface area contributed by atoms with Crippen LogP contribution in [0.3, 0.4) is 0 Å². The summed E-state index contributed by atoms with van der Waals surface area (Å²) in [5, 5.41) is 0.694. The second kappa shape index (κ2) is 9.18. The average Bonchev–Trinajstić information content (AvgIpc) is 2.66. The van der Waals surface area contributed by atoms with Crippen LogP contribution in [-0.2, 0) is 6.42 Å². The number of piperidine rings is 1. The van der Waals surface area contributed by atoms with E-state index in [1.54, 1.807) is 6.20 Å². The third-order valence-electron chi connectivity index (χ3n) is 5.44. The number of aromatic nitrogens is 1. The lowest BCUT2D eigenvalue weighted by Gasteiger charge is -2.32. The molecule has 2 aromatic rings. The number of aryl methyl sites for hydroxylation is 2. The van der Waals surface area contributed by atoms with Crippen LogP contribution in [0.1, 0.15) is 53.6 Å². The molecule has 0 amide bonds. The highest BCUT2D eigenvalue weighted by Gasteiger charge is 2.19. The summed E-state index contributed by atoms with van der Waals surface area (Å²) in [5.41, 5.74) is 3.23. The standard InChI is InChI=1S/C22H27ClN2O/c1-17-14-19(6-7-20(17)16-26)5-3-2-4-18-10-12-25(13-11-18)22-9-8-21(23)15-24-22/h6-9,14-16,18H,2-5,10-13H2,1H3. The Morgan fingerprint density at radius 2 is 2.00 bits per heavy atom. The van der Waals surface area contributed by atoms with Gasteiger partial charge in [-0.25, -0.2) is 4.98 Å². The fourth-order valence-electron chi connectivity index (χ4n) is 3.79.